The second-order valence-corrected chi connectivity index (χ2v) is 5.12. The molecule has 19 heavy (non-hydrogen) atoms. The summed E-state index contributed by atoms with van der Waals surface area (Å²) in [5.41, 5.74) is 1.33. The predicted molar refractivity (Wildman–Crippen MR) is 78.5 cm³/mol. The number of hydrogen-bond donors (Lipinski definition) is 1. The van der Waals surface area contributed by atoms with E-state index in [2.05, 4.69) is 45.6 Å². The van der Waals surface area contributed by atoms with E-state index in [1.807, 2.05) is 24.0 Å². The molecule has 1 fully saturated rings. The van der Waals surface area contributed by atoms with Crippen LogP contribution in [0.1, 0.15) is 12.8 Å². The van der Waals surface area contributed by atoms with Gasteiger partial charge in [-0.05, 0) is 25.0 Å². The standard InChI is InChI=1S/C15H20N4/c1-18-10-9-15(17-18)16-13-7-11-19(12-8-13)14-5-3-2-4-6-14/h2-6,9-10,13H,7-8,11-12H2,1H3,(H,16,17). The quantitative estimate of drug-likeness (QED) is 0.916. The van der Waals surface area contributed by atoms with Gasteiger partial charge in [-0.15, -0.1) is 0 Å². The van der Waals surface area contributed by atoms with Crippen molar-refractivity contribution in [3.63, 3.8) is 0 Å². The van der Waals surface area contributed by atoms with Gasteiger partial charge in [0, 0.05) is 44.1 Å². The Morgan fingerprint density at radius 3 is 2.47 bits per heavy atom. The maximum atomic E-state index is 4.37. The molecule has 1 aliphatic rings. The highest BCUT2D eigenvalue weighted by molar-refractivity contribution is 5.46. The van der Waals surface area contributed by atoms with Gasteiger partial charge in [-0.3, -0.25) is 4.68 Å². The molecule has 3 rings (SSSR count). The van der Waals surface area contributed by atoms with Crippen molar-refractivity contribution in [2.24, 2.45) is 7.05 Å². The van der Waals surface area contributed by atoms with Crippen molar-refractivity contribution in [3.05, 3.63) is 42.6 Å². The first-order valence-electron chi connectivity index (χ1n) is 6.87. The minimum absolute atomic E-state index is 0.537. The van der Waals surface area contributed by atoms with Crippen molar-refractivity contribution in [2.75, 3.05) is 23.3 Å². The van der Waals surface area contributed by atoms with Gasteiger partial charge in [0.1, 0.15) is 5.82 Å². The number of rotatable bonds is 3. The maximum Gasteiger partial charge on any atom is 0.148 e. The van der Waals surface area contributed by atoms with Crippen LogP contribution in [0.3, 0.4) is 0 Å². The smallest absolute Gasteiger partial charge is 0.148 e. The molecule has 0 saturated carbocycles. The van der Waals surface area contributed by atoms with Crippen LogP contribution < -0.4 is 10.2 Å². The van der Waals surface area contributed by atoms with E-state index in [0.717, 1.165) is 31.7 Å². The lowest BCUT2D eigenvalue weighted by Gasteiger charge is -2.34. The summed E-state index contributed by atoms with van der Waals surface area (Å²) in [6.45, 7) is 2.21. The van der Waals surface area contributed by atoms with Crippen LogP contribution in [0.5, 0.6) is 0 Å². The molecule has 1 saturated heterocycles. The van der Waals surface area contributed by atoms with E-state index in [9.17, 15) is 0 Å². The molecule has 1 aromatic heterocycles. The molecule has 0 unspecified atom stereocenters. The molecule has 1 aliphatic heterocycles. The van der Waals surface area contributed by atoms with Crippen molar-refractivity contribution in [1.82, 2.24) is 9.78 Å². The predicted octanol–water partition coefficient (Wildman–Crippen LogP) is 2.50. The highest BCUT2D eigenvalue weighted by Gasteiger charge is 2.19. The number of benzene rings is 1. The molecule has 100 valence electrons. The first-order chi connectivity index (χ1) is 9.31. The first kappa shape index (κ1) is 12.1. The molecule has 1 aromatic carbocycles. The van der Waals surface area contributed by atoms with Crippen molar-refractivity contribution in [1.29, 1.82) is 0 Å². The normalized spacial score (nSPS) is 16.6. The molecule has 0 spiro atoms. The lowest BCUT2D eigenvalue weighted by Crippen LogP contribution is -2.39. The Balaban J connectivity index is 1.55. The van der Waals surface area contributed by atoms with Crippen molar-refractivity contribution in [3.8, 4) is 0 Å². The summed E-state index contributed by atoms with van der Waals surface area (Å²) in [5.74, 6) is 0.987. The zero-order chi connectivity index (χ0) is 13.1. The number of anilines is 2. The third kappa shape index (κ3) is 2.89. The zero-order valence-electron chi connectivity index (χ0n) is 11.3. The summed E-state index contributed by atoms with van der Waals surface area (Å²) in [5, 5.41) is 7.89. The fraction of sp³-hybridized carbons (Fsp3) is 0.400. The van der Waals surface area contributed by atoms with Crippen LogP contribution in [0.2, 0.25) is 0 Å². The molecule has 0 atom stereocenters. The number of para-hydroxylation sites is 1. The highest BCUT2D eigenvalue weighted by Crippen LogP contribution is 2.21. The lowest BCUT2D eigenvalue weighted by atomic mass is 10.0. The van der Waals surface area contributed by atoms with Crippen molar-refractivity contribution in [2.45, 2.75) is 18.9 Å². The second kappa shape index (κ2) is 5.34. The van der Waals surface area contributed by atoms with Crippen molar-refractivity contribution < 1.29 is 0 Å². The molecule has 0 aliphatic carbocycles. The molecule has 0 bridgehead atoms. The Kier molecular flexibility index (Phi) is 3.40. The third-order valence-corrected chi connectivity index (χ3v) is 3.68. The largest absolute Gasteiger partial charge is 0.371 e. The molecular weight excluding hydrogens is 236 g/mol. The monoisotopic (exact) mass is 256 g/mol. The van der Waals surface area contributed by atoms with Gasteiger partial charge in [-0.25, -0.2) is 0 Å². The molecule has 2 aromatic rings. The SMILES string of the molecule is Cn1ccc(NC2CCN(c3ccccc3)CC2)n1. The number of nitrogens with one attached hydrogen (secondary N) is 1. The highest BCUT2D eigenvalue weighted by atomic mass is 15.3. The minimum Gasteiger partial charge on any atom is -0.371 e. The Morgan fingerprint density at radius 1 is 1.11 bits per heavy atom. The molecule has 2 heterocycles. The van der Waals surface area contributed by atoms with Crippen LogP contribution in [0.15, 0.2) is 42.6 Å². The van der Waals surface area contributed by atoms with Gasteiger partial charge >= 0.3 is 0 Å². The fourth-order valence-electron chi connectivity index (χ4n) is 2.62. The van der Waals surface area contributed by atoms with E-state index >= 15 is 0 Å². The maximum absolute atomic E-state index is 4.37. The number of aromatic nitrogens is 2. The Hall–Kier alpha value is -1.97. The third-order valence-electron chi connectivity index (χ3n) is 3.68. The molecule has 4 heteroatoms. The van der Waals surface area contributed by atoms with E-state index in [1.165, 1.54) is 5.69 Å². The van der Waals surface area contributed by atoms with Gasteiger partial charge < -0.3 is 10.2 Å². The van der Waals surface area contributed by atoms with Crippen LogP contribution in [-0.2, 0) is 7.05 Å². The van der Waals surface area contributed by atoms with Crippen LogP contribution in [0.25, 0.3) is 0 Å². The zero-order valence-corrected chi connectivity index (χ0v) is 11.3. The average Bonchev–Trinajstić information content (AvgIpc) is 2.86. The molecular formula is C15H20N4. The summed E-state index contributed by atoms with van der Waals surface area (Å²) in [4.78, 5) is 2.45. The van der Waals surface area contributed by atoms with Crippen LogP contribution in [0.4, 0.5) is 11.5 Å². The van der Waals surface area contributed by atoms with Crippen LogP contribution >= 0.6 is 0 Å². The van der Waals surface area contributed by atoms with E-state index < -0.39 is 0 Å². The number of aryl methyl sites for hydroxylation is 1. The van der Waals surface area contributed by atoms with Crippen molar-refractivity contribution >= 4 is 11.5 Å². The summed E-state index contributed by atoms with van der Waals surface area (Å²) in [7, 11) is 1.95. The van der Waals surface area contributed by atoms with Crippen LogP contribution in [-0.4, -0.2) is 28.9 Å². The van der Waals surface area contributed by atoms with Crippen LogP contribution in [0, 0.1) is 0 Å². The Morgan fingerprint density at radius 2 is 1.84 bits per heavy atom. The molecule has 1 N–H and O–H groups in total. The van der Waals surface area contributed by atoms with Gasteiger partial charge in [-0.2, -0.15) is 5.10 Å². The number of hydrogen-bond acceptors (Lipinski definition) is 3. The Bertz CT molecular complexity index is 512. The first-order valence-corrected chi connectivity index (χ1v) is 6.87. The minimum atomic E-state index is 0.537. The lowest BCUT2D eigenvalue weighted by molar-refractivity contribution is 0.524. The van der Waals surface area contributed by atoms with Gasteiger partial charge in [0.2, 0.25) is 0 Å². The molecule has 4 nitrogen and oxygen atoms in total. The molecule has 0 radical (unpaired) electrons. The summed E-state index contributed by atoms with van der Waals surface area (Å²) >= 11 is 0. The average molecular weight is 256 g/mol. The number of piperidine rings is 1. The number of nitrogens with zero attached hydrogens (tertiary/aromatic N) is 3. The topological polar surface area (TPSA) is 33.1 Å². The Labute approximate surface area is 114 Å². The van der Waals surface area contributed by atoms with Gasteiger partial charge in [-0.1, -0.05) is 18.2 Å². The van der Waals surface area contributed by atoms with E-state index in [4.69, 9.17) is 0 Å². The summed E-state index contributed by atoms with van der Waals surface area (Å²) in [6.07, 6.45) is 4.29. The molecule has 0 amide bonds. The van der Waals surface area contributed by atoms with Gasteiger partial charge in [0.15, 0.2) is 0 Å². The fourth-order valence-corrected chi connectivity index (χ4v) is 2.62. The van der Waals surface area contributed by atoms with E-state index in [0.29, 0.717) is 6.04 Å². The summed E-state index contributed by atoms with van der Waals surface area (Å²) < 4.78 is 1.83. The van der Waals surface area contributed by atoms with Gasteiger partial charge in [0.05, 0.1) is 0 Å². The van der Waals surface area contributed by atoms with E-state index in [1.54, 1.807) is 0 Å². The van der Waals surface area contributed by atoms with Gasteiger partial charge in [0.25, 0.3) is 0 Å². The second-order valence-electron chi connectivity index (χ2n) is 5.12. The van der Waals surface area contributed by atoms with E-state index in [-0.39, 0.29) is 0 Å². The summed E-state index contributed by atoms with van der Waals surface area (Å²) in [6, 6.07) is 13.2.